The van der Waals surface area contributed by atoms with Crippen LogP contribution in [0.15, 0.2) is 6.20 Å². The van der Waals surface area contributed by atoms with E-state index in [2.05, 4.69) is 23.7 Å². The Labute approximate surface area is 89.4 Å². The zero-order valence-corrected chi connectivity index (χ0v) is 9.68. The second kappa shape index (κ2) is 6.11. The highest BCUT2D eigenvalue weighted by atomic mass is 32.1. The van der Waals surface area contributed by atoms with Gasteiger partial charge < -0.3 is 5.11 Å². The fourth-order valence-electron chi connectivity index (χ4n) is 1.30. The largest absolute Gasteiger partial charge is 0.395 e. The first-order chi connectivity index (χ1) is 6.80. The minimum absolute atomic E-state index is 0.229. The molecule has 0 spiro atoms. The maximum atomic E-state index is 8.84. The van der Waals surface area contributed by atoms with Crippen molar-refractivity contribution >= 4 is 11.3 Å². The van der Waals surface area contributed by atoms with Gasteiger partial charge in [-0.3, -0.25) is 4.90 Å². The first-order valence-corrected chi connectivity index (χ1v) is 5.88. The lowest BCUT2D eigenvalue weighted by molar-refractivity contribution is 0.198. The second-order valence-corrected chi connectivity index (χ2v) is 4.37. The average Bonchev–Trinajstić information content (AvgIpc) is 2.65. The van der Waals surface area contributed by atoms with Crippen molar-refractivity contribution < 1.29 is 5.11 Å². The SMILES string of the molecule is CCc1ncc(CN(CC)CCO)s1. The van der Waals surface area contributed by atoms with Gasteiger partial charge in [0.05, 0.1) is 11.6 Å². The number of nitrogens with zero attached hydrogens (tertiary/aromatic N) is 2. The molecular weight excluding hydrogens is 196 g/mol. The van der Waals surface area contributed by atoms with Crippen molar-refractivity contribution in [2.24, 2.45) is 0 Å². The van der Waals surface area contributed by atoms with Crippen LogP contribution in [0.5, 0.6) is 0 Å². The van der Waals surface area contributed by atoms with Crippen LogP contribution < -0.4 is 0 Å². The highest BCUT2D eigenvalue weighted by Crippen LogP contribution is 2.15. The summed E-state index contributed by atoms with van der Waals surface area (Å²) in [6.07, 6.45) is 2.96. The van der Waals surface area contributed by atoms with Crippen molar-refractivity contribution in [1.29, 1.82) is 0 Å². The van der Waals surface area contributed by atoms with Crippen molar-refractivity contribution in [2.75, 3.05) is 19.7 Å². The minimum atomic E-state index is 0.229. The van der Waals surface area contributed by atoms with Crippen molar-refractivity contribution in [2.45, 2.75) is 26.8 Å². The molecule has 0 saturated heterocycles. The Bertz CT molecular complexity index is 262. The minimum Gasteiger partial charge on any atom is -0.395 e. The van der Waals surface area contributed by atoms with Crippen LogP contribution in [-0.4, -0.2) is 34.7 Å². The molecule has 80 valence electrons. The highest BCUT2D eigenvalue weighted by molar-refractivity contribution is 7.11. The molecule has 0 saturated carbocycles. The molecule has 1 rings (SSSR count). The number of rotatable bonds is 6. The van der Waals surface area contributed by atoms with Crippen LogP contribution in [0.25, 0.3) is 0 Å². The molecular formula is C10H18N2OS. The lowest BCUT2D eigenvalue weighted by atomic mass is 10.4. The molecule has 0 radical (unpaired) electrons. The van der Waals surface area contributed by atoms with Gasteiger partial charge >= 0.3 is 0 Å². The van der Waals surface area contributed by atoms with Gasteiger partial charge in [-0.15, -0.1) is 11.3 Å². The van der Waals surface area contributed by atoms with Crippen LogP contribution in [0, 0.1) is 0 Å². The third-order valence-corrected chi connectivity index (χ3v) is 3.27. The van der Waals surface area contributed by atoms with Crippen LogP contribution >= 0.6 is 11.3 Å². The fourth-order valence-corrected chi connectivity index (χ4v) is 2.20. The molecule has 0 fully saturated rings. The smallest absolute Gasteiger partial charge is 0.0925 e. The lowest BCUT2D eigenvalue weighted by Crippen LogP contribution is -2.25. The highest BCUT2D eigenvalue weighted by Gasteiger charge is 2.05. The molecule has 4 heteroatoms. The Kier molecular flexibility index (Phi) is 5.07. The molecule has 1 aromatic rings. The van der Waals surface area contributed by atoms with Crippen molar-refractivity contribution in [3.8, 4) is 0 Å². The summed E-state index contributed by atoms with van der Waals surface area (Å²) in [6.45, 7) is 7.09. The molecule has 3 nitrogen and oxygen atoms in total. The Morgan fingerprint density at radius 2 is 2.29 bits per heavy atom. The number of hydrogen-bond acceptors (Lipinski definition) is 4. The zero-order valence-electron chi connectivity index (χ0n) is 8.86. The van der Waals surface area contributed by atoms with E-state index in [1.165, 1.54) is 9.88 Å². The molecule has 1 heterocycles. The molecule has 0 unspecified atom stereocenters. The van der Waals surface area contributed by atoms with Crippen molar-refractivity contribution in [3.05, 3.63) is 16.1 Å². The van der Waals surface area contributed by atoms with E-state index in [4.69, 9.17) is 5.11 Å². The quantitative estimate of drug-likeness (QED) is 0.780. The number of thiazole rings is 1. The van der Waals surface area contributed by atoms with Crippen LogP contribution in [0.1, 0.15) is 23.7 Å². The normalized spacial score (nSPS) is 11.1. The van der Waals surface area contributed by atoms with Crippen LogP contribution in [0.3, 0.4) is 0 Å². The van der Waals surface area contributed by atoms with E-state index in [0.717, 1.165) is 26.1 Å². The van der Waals surface area contributed by atoms with Crippen LogP contribution in [0.4, 0.5) is 0 Å². The molecule has 0 aliphatic rings. The molecule has 0 bridgehead atoms. The maximum absolute atomic E-state index is 8.84. The third kappa shape index (κ3) is 3.36. The summed E-state index contributed by atoms with van der Waals surface area (Å²) in [5.74, 6) is 0. The predicted molar refractivity (Wildman–Crippen MR) is 59.5 cm³/mol. The van der Waals surface area contributed by atoms with Crippen LogP contribution in [0.2, 0.25) is 0 Å². The Morgan fingerprint density at radius 3 is 2.79 bits per heavy atom. The summed E-state index contributed by atoms with van der Waals surface area (Å²) < 4.78 is 0. The molecule has 0 aromatic carbocycles. The Balaban J connectivity index is 2.48. The van der Waals surface area contributed by atoms with Crippen LogP contribution in [-0.2, 0) is 13.0 Å². The first kappa shape index (κ1) is 11.6. The third-order valence-electron chi connectivity index (χ3n) is 2.15. The number of aryl methyl sites for hydroxylation is 1. The standard InChI is InChI=1S/C10H18N2OS/c1-3-10-11-7-9(14-10)8-12(4-2)5-6-13/h7,13H,3-6,8H2,1-2H3. The molecule has 0 amide bonds. The molecule has 0 atom stereocenters. The van der Waals surface area contributed by atoms with E-state index in [1.54, 1.807) is 11.3 Å². The summed E-state index contributed by atoms with van der Waals surface area (Å²) in [6, 6.07) is 0. The predicted octanol–water partition coefficient (Wildman–Crippen LogP) is 1.52. The zero-order chi connectivity index (χ0) is 10.4. The summed E-state index contributed by atoms with van der Waals surface area (Å²) in [5, 5.41) is 10.0. The summed E-state index contributed by atoms with van der Waals surface area (Å²) in [4.78, 5) is 7.82. The summed E-state index contributed by atoms with van der Waals surface area (Å²) in [7, 11) is 0. The first-order valence-electron chi connectivity index (χ1n) is 5.06. The van der Waals surface area contributed by atoms with Gasteiger partial charge in [-0.1, -0.05) is 13.8 Å². The number of aromatic nitrogens is 1. The van der Waals surface area contributed by atoms with E-state index in [9.17, 15) is 0 Å². The van der Waals surface area contributed by atoms with E-state index in [-0.39, 0.29) is 6.61 Å². The monoisotopic (exact) mass is 214 g/mol. The van der Waals surface area contributed by atoms with Gasteiger partial charge in [-0.2, -0.15) is 0 Å². The topological polar surface area (TPSA) is 36.4 Å². The van der Waals surface area contributed by atoms with E-state index < -0.39 is 0 Å². The lowest BCUT2D eigenvalue weighted by Gasteiger charge is -2.17. The fraction of sp³-hybridized carbons (Fsp3) is 0.700. The van der Waals surface area contributed by atoms with Gasteiger partial charge in [0.2, 0.25) is 0 Å². The number of hydrogen-bond donors (Lipinski definition) is 1. The number of likely N-dealkylation sites (N-methyl/N-ethyl adjacent to an activating group) is 1. The van der Waals surface area contributed by atoms with E-state index in [0.29, 0.717) is 0 Å². The second-order valence-electron chi connectivity index (χ2n) is 3.17. The summed E-state index contributed by atoms with van der Waals surface area (Å²) in [5.41, 5.74) is 0. The molecule has 14 heavy (non-hydrogen) atoms. The molecule has 0 aliphatic heterocycles. The van der Waals surface area contributed by atoms with Crippen molar-refractivity contribution in [1.82, 2.24) is 9.88 Å². The Hall–Kier alpha value is -0.450. The number of aliphatic hydroxyl groups is 1. The maximum Gasteiger partial charge on any atom is 0.0925 e. The van der Waals surface area contributed by atoms with Crippen molar-refractivity contribution in [3.63, 3.8) is 0 Å². The molecule has 1 N–H and O–H groups in total. The van der Waals surface area contributed by atoms with Gasteiger partial charge in [0.25, 0.3) is 0 Å². The molecule has 0 aliphatic carbocycles. The summed E-state index contributed by atoms with van der Waals surface area (Å²) >= 11 is 1.77. The van der Waals surface area contributed by atoms with Gasteiger partial charge in [0, 0.05) is 24.2 Å². The van der Waals surface area contributed by atoms with Gasteiger partial charge in [-0.05, 0) is 13.0 Å². The van der Waals surface area contributed by atoms with E-state index >= 15 is 0 Å². The Morgan fingerprint density at radius 1 is 1.50 bits per heavy atom. The van der Waals surface area contributed by atoms with Gasteiger partial charge in [-0.25, -0.2) is 4.98 Å². The van der Waals surface area contributed by atoms with E-state index in [1.807, 2.05) is 6.20 Å². The van der Waals surface area contributed by atoms with Gasteiger partial charge in [0.1, 0.15) is 0 Å². The number of aliphatic hydroxyl groups excluding tert-OH is 1. The average molecular weight is 214 g/mol. The molecule has 1 aromatic heterocycles. The van der Waals surface area contributed by atoms with Gasteiger partial charge in [0.15, 0.2) is 0 Å².